The van der Waals surface area contributed by atoms with Gasteiger partial charge in [-0.25, -0.2) is 4.98 Å². The molecule has 100 valence electrons. The van der Waals surface area contributed by atoms with Gasteiger partial charge >= 0.3 is 5.97 Å². The number of imidazole rings is 1. The van der Waals surface area contributed by atoms with Gasteiger partial charge in [0.1, 0.15) is 5.65 Å². The number of nitrogens with zero attached hydrogens (tertiary/aromatic N) is 2. The number of thioether (sulfide) groups is 1. The number of aromatic nitrogens is 2. The zero-order valence-electron chi connectivity index (χ0n) is 10.6. The Kier molecular flexibility index (Phi) is 3.22. The largest absolute Gasteiger partial charge is 0.481 e. The van der Waals surface area contributed by atoms with Crippen molar-refractivity contribution in [3.8, 4) is 0 Å². The third kappa shape index (κ3) is 2.92. The van der Waals surface area contributed by atoms with Crippen LogP contribution in [0.4, 0.5) is 0 Å². The molecular weight excluding hydrogens is 260 g/mol. The molecule has 2 aromatic heterocycles. The number of pyridine rings is 1. The van der Waals surface area contributed by atoms with Crippen molar-refractivity contribution in [3.05, 3.63) is 36.3 Å². The predicted molar refractivity (Wildman–Crippen MR) is 75.3 cm³/mol. The summed E-state index contributed by atoms with van der Waals surface area (Å²) < 4.78 is 2.01. The molecule has 1 saturated carbocycles. The summed E-state index contributed by atoms with van der Waals surface area (Å²) in [5, 5.41) is 8.88. The Balaban J connectivity index is 1.56. The van der Waals surface area contributed by atoms with Gasteiger partial charge in [-0.3, -0.25) is 4.79 Å². The zero-order chi connectivity index (χ0) is 13.3. The molecule has 1 fully saturated rings. The van der Waals surface area contributed by atoms with Gasteiger partial charge in [0.15, 0.2) is 0 Å². The Hall–Kier alpha value is -1.49. The third-order valence-corrected chi connectivity index (χ3v) is 4.87. The van der Waals surface area contributed by atoms with Crippen LogP contribution in [-0.4, -0.2) is 26.2 Å². The Morgan fingerprint density at radius 1 is 1.47 bits per heavy atom. The highest BCUT2D eigenvalue weighted by atomic mass is 32.2. The van der Waals surface area contributed by atoms with Crippen molar-refractivity contribution in [3.63, 3.8) is 0 Å². The van der Waals surface area contributed by atoms with Crippen molar-refractivity contribution in [2.75, 3.05) is 5.75 Å². The van der Waals surface area contributed by atoms with Crippen LogP contribution in [-0.2, 0) is 10.5 Å². The first-order chi connectivity index (χ1) is 9.17. The summed E-state index contributed by atoms with van der Waals surface area (Å²) in [6.45, 7) is 0. The lowest BCUT2D eigenvalue weighted by molar-refractivity contribution is -0.138. The van der Waals surface area contributed by atoms with E-state index in [0.717, 1.165) is 35.7 Å². The highest BCUT2D eigenvalue weighted by Crippen LogP contribution is 2.51. The Bertz CT molecular complexity index is 571. The molecule has 1 aliphatic rings. The standard InChI is InChI=1S/C14H16N2O2S/c17-13(18)7-14(4-5-14)10-19-9-11-8-16-6-2-1-3-12(16)15-11/h1-3,6,8H,4-5,7,9-10H2,(H,17,18). The lowest BCUT2D eigenvalue weighted by Crippen LogP contribution is -2.11. The molecule has 4 nitrogen and oxygen atoms in total. The molecule has 2 heterocycles. The van der Waals surface area contributed by atoms with Gasteiger partial charge in [-0.2, -0.15) is 11.8 Å². The molecule has 5 heteroatoms. The predicted octanol–water partition coefficient (Wildman–Crippen LogP) is 2.82. The first kappa shape index (κ1) is 12.5. The quantitative estimate of drug-likeness (QED) is 0.881. The number of rotatable bonds is 6. The van der Waals surface area contributed by atoms with Gasteiger partial charge in [0, 0.05) is 18.1 Å². The normalized spacial score (nSPS) is 16.6. The van der Waals surface area contributed by atoms with Crippen LogP contribution in [0.15, 0.2) is 30.6 Å². The summed E-state index contributed by atoms with van der Waals surface area (Å²) in [7, 11) is 0. The zero-order valence-corrected chi connectivity index (χ0v) is 11.4. The van der Waals surface area contributed by atoms with Gasteiger partial charge in [-0.1, -0.05) is 6.07 Å². The van der Waals surface area contributed by atoms with Crippen molar-refractivity contribution in [2.45, 2.75) is 25.0 Å². The maximum Gasteiger partial charge on any atom is 0.303 e. The van der Waals surface area contributed by atoms with E-state index in [-0.39, 0.29) is 5.41 Å². The van der Waals surface area contributed by atoms with E-state index in [1.54, 1.807) is 11.8 Å². The number of hydrogen-bond donors (Lipinski definition) is 1. The van der Waals surface area contributed by atoms with E-state index >= 15 is 0 Å². The molecule has 0 bridgehead atoms. The second-order valence-corrected chi connectivity index (χ2v) is 6.25. The van der Waals surface area contributed by atoms with Crippen LogP contribution in [0, 0.1) is 5.41 Å². The fourth-order valence-corrected chi connectivity index (χ4v) is 3.57. The molecular formula is C14H16N2O2S. The molecule has 3 rings (SSSR count). The molecule has 19 heavy (non-hydrogen) atoms. The molecule has 0 amide bonds. The highest BCUT2D eigenvalue weighted by molar-refractivity contribution is 7.98. The van der Waals surface area contributed by atoms with Gasteiger partial charge in [0.05, 0.1) is 12.1 Å². The van der Waals surface area contributed by atoms with Gasteiger partial charge in [0.25, 0.3) is 0 Å². The number of hydrogen-bond acceptors (Lipinski definition) is 3. The third-order valence-electron chi connectivity index (χ3n) is 3.56. The van der Waals surface area contributed by atoms with Crippen LogP contribution in [0.2, 0.25) is 0 Å². The molecule has 0 unspecified atom stereocenters. The Morgan fingerprint density at radius 3 is 3.00 bits per heavy atom. The molecule has 2 aromatic rings. The highest BCUT2D eigenvalue weighted by Gasteiger charge is 2.44. The minimum atomic E-state index is -0.675. The first-order valence-corrected chi connectivity index (χ1v) is 7.55. The van der Waals surface area contributed by atoms with Gasteiger partial charge in [-0.15, -0.1) is 0 Å². The number of aliphatic carboxylic acids is 1. The summed E-state index contributed by atoms with van der Waals surface area (Å²) in [6.07, 6.45) is 6.45. The number of carbonyl (C=O) groups is 1. The van der Waals surface area contributed by atoms with Crippen molar-refractivity contribution >= 4 is 23.4 Å². The monoisotopic (exact) mass is 276 g/mol. The van der Waals surface area contributed by atoms with Crippen molar-refractivity contribution < 1.29 is 9.90 Å². The first-order valence-electron chi connectivity index (χ1n) is 6.39. The molecule has 0 aromatic carbocycles. The average molecular weight is 276 g/mol. The van der Waals surface area contributed by atoms with E-state index in [0.29, 0.717) is 6.42 Å². The molecule has 0 atom stereocenters. The van der Waals surface area contributed by atoms with Crippen LogP contribution in [0.25, 0.3) is 5.65 Å². The molecule has 1 aliphatic carbocycles. The Labute approximate surface area is 115 Å². The fourth-order valence-electron chi connectivity index (χ4n) is 2.30. The van der Waals surface area contributed by atoms with E-state index in [1.165, 1.54) is 0 Å². The molecule has 0 saturated heterocycles. The smallest absolute Gasteiger partial charge is 0.303 e. The lowest BCUT2D eigenvalue weighted by Gasteiger charge is -2.10. The molecule has 0 spiro atoms. The summed E-state index contributed by atoms with van der Waals surface area (Å²) in [6, 6.07) is 5.95. The maximum atomic E-state index is 10.8. The fraction of sp³-hybridized carbons (Fsp3) is 0.429. The summed E-state index contributed by atoms with van der Waals surface area (Å²) in [5.74, 6) is 1.10. The van der Waals surface area contributed by atoms with E-state index < -0.39 is 5.97 Å². The second kappa shape index (κ2) is 4.89. The maximum absolute atomic E-state index is 10.8. The van der Waals surface area contributed by atoms with Gasteiger partial charge < -0.3 is 9.51 Å². The van der Waals surface area contributed by atoms with E-state index in [4.69, 9.17) is 5.11 Å². The minimum absolute atomic E-state index is 0.0651. The van der Waals surface area contributed by atoms with E-state index in [9.17, 15) is 4.79 Å². The molecule has 0 radical (unpaired) electrons. The summed E-state index contributed by atoms with van der Waals surface area (Å²) in [4.78, 5) is 15.3. The lowest BCUT2D eigenvalue weighted by atomic mass is 10.1. The number of carboxylic acid groups (broad SMARTS) is 1. The van der Waals surface area contributed by atoms with E-state index in [2.05, 4.69) is 4.98 Å². The number of fused-ring (bicyclic) bond motifs is 1. The molecule has 1 N–H and O–H groups in total. The van der Waals surface area contributed by atoms with Crippen LogP contribution < -0.4 is 0 Å². The van der Waals surface area contributed by atoms with Crippen LogP contribution in [0.1, 0.15) is 25.0 Å². The second-order valence-electron chi connectivity index (χ2n) is 5.26. The summed E-state index contributed by atoms with van der Waals surface area (Å²) >= 11 is 1.79. The van der Waals surface area contributed by atoms with Crippen molar-refractivity contribution in [2.24, 2.45) is 5.41 Å². The van der Waals surface area contributed by atoms with Crippen LogP contribution in [0.3, 0.4) is 0 Å². The Morgan fingerprint density at radius 2 is 2.32 bits per heavy atom. The van der Waals surface area contributed by atoms with Crippen molar-refractivity contribution in [1.82, 2.24) is 9.38 Å². The van der Waals surface area contributed by atoms with Crippen molar-refractivity contribution in [1.29, 1.82) is 0 Å². The van der Waals surface area contributed by atoms with Crippen LogP contribution >= 0.6 is 11.8 Å². The molecule has 0 aliphatic heterocycles. The number of carboxylic acids is 1. The van der Waals surface area contributed by atoms with Gasteiger partial charge in [-0.05, 0) is 36.1 Å². The topological polar surface area (TPSA) is 54.6 Å². The van der Waals surface area contributed by atoms with Gasteiger partial charge in [0.2, 0.25) is 0 Å². The minimum Gasteiger partial charge on any atom is -0.481 e. The van der Waals surface area contributed by atoms with E-state index in [1.807, 2.05) is 35.0 Å². The SMILES string of the molecule is O=C(O)CC1(CSCc2cn3ccccc3n2)CC1. The summed E-state index contributed by atoms with van der Waals surface area (Å²) in [5.41, 5.74) is 2.09. The van der Waals surface area contributed by atoms with Crippen LogP contribution in [0.5, 0.6) is 0 Å². The average Bonchev–Trinajstić information content (AvgIpc) is 2.99.